The Morgan fingerprint density at radius 3 is 2.67 bits per heavy atom. The Kier molecular flexibility index (Phi) is 2.89. The maximum Gasteiger partial charge on any atom is 0.0499 e. The predicted octanol–water partition coefficient (Wildman–Crippen LogP) is 2.22. The first kappa shape index (κ1) is 9.29. The van der Waals surface area contributed by atoms with Gasteiger partial charge in [-0.15, -0.1) is 6.58 Å². The predicted molar refractivity (Wildman–Crippen MR) is 55.7 cm³/mol. The van der Waals surface area contributed by atoms with Gasteiger partial charge in [-0.1, -0.05) is 28.1 Å². The fraction of sp³-hybridized carbons (Fsp3) is 0.111. The zero-order valence-electron chi connectivity index (χ0n) is 6.63. The molecular formula is C9H11BrN2. The van der Waals surface area contributed by atoms with Crippen LogP contribution in [0.15, 0.2) is 35.3 Å². The van der Waals surface area contributed by atoms with Gasteiger partial charge in [-0.3, -0.25) is 0 Å². The maximum atomic E-state index is 5.74. The first-order valence-corrected chi connectivity index (χ1v) is 4.37. The molecule has 1 rings (SSSR count). The van der Waals surface area contributed by atoms with Crippen molar-refractivity contribution in [1.82, 2.24) is 0 Å². The minimum atomic E-state index is -0.182. The SMILES string of the molecule is C=C[C@@H](N)c1ccc(Br)cc1N. The molecular weight excluding hydrogens is 216 g/mol. The number of rotatable bonds is 2. The molecule has 1 aromatic rings. The van der Waals surface area contributed by atoms with Crippen LogP contribution < -0.4 is 11.5 Å². The first-order chi connectivity index (χ1) is 5.65. The minimum absolute atomic E-state index is 0.182. The van der Waals surface area contributed by atoms with E-state index in [-0.39, 0.29) is 6.04 Å². The van der Waals surface area contributed by atoms with Crippen molar-refractivity contribution in [3.63, 3.8) is 0 Å². The van der Waals surface area contributed by atoms with E-state index >= 15 is 0 Å². The number of anilines is 1. The minimum Gasteiger partial charge on any atom is -0.398 e. The molecule has 1 aromatic carbocycles. The lowest BCUT2D eigenvalue weighted by Crippen LogP contribution is -2.09. The fourth-order valence-corrected chi connectivity index (χ4v) is 1.35. The summed E-state index contributed by atoms with van der Waals surface area (Å²) in [5, 5.41) is 0. The van der Waals surface area contributed by atoms with Gasteiger partial charge < -0.3 is 11.5 Å². The van der Waals surface area contributed by atoms with Crippen LogP contribution in [-0.4, -0.2) is 0 Å². The molecule has 0 amide bonds. The molecule has 3 heteroatoms. The summed E-state index contributed by atoms with van der Waals surface area (Å²) in [6.07, 6.45) is 1.67. The second kappa shape index (κ2) is 3.74. The van der Waals surface area contributed by atoms with Gasteiger partial charge in [0.15, 0.2) is 0 Å². The fourth-order valence-electron chi connectivity index (χ4n) is 0.976. The van der Waals surface area contributed by atoms with Crippen molar-refractivity contribution in [1.29, 1.82) is 0 Å². The molecule has 12 heavy (non-hydrogen) atoms. The van der Waals surface area contributed by atoms with E-state index in [4.69, 9.17) is 11.5 Å². The quantitative estimate of drug-likeness (QED) is 0.601. The second-order valence-electron chi connectivity index (χ2n) is 2.53. The zero-order valence-corrected chi connectivity index (χ0v) is 8.21. The Labute approximate surface area is 80.4 Å². The standard InChI is InChI=1S/C9H11BrN2/c1-2-8(11)7-4-3-6(10)5-9(7)12/h2-5,8H,1,11-12H2/t8-/m1/s1. The average Bonchev–Trinajstić information content (AvgIpc) is 2.03. The van der Waals surface area contributed by atoms with Gasteiger partial charge in [-0.2, -0.15) is 0 Å². The summed E-state index contributed by atoms with van der Waals surface area (Å²) in [5.41, 5.74) is 13.1. The summed E-state index contributed by atoms with van der Waals surface area (Å²) in [7, 11) is 0. The molecule has 2 nitrogen and oxygen atoms in total. The summed E-state index contributed by atoms with van der Waals surface area (Å²) >= 11 is 3.32. The number of hydrogen-bond donors (Lipinski definition) is 2. The van der Waals surface area contributed by atoms with E-state index < -0.39 is 0 Å². The largest absolute Gasteiger partial charge is 0.398 e. The molecule has 0 aliphatic heterocycles. The van der Waals surface area contributed by atoms with Crippen molar-refractivity contribution >= 4 is 21.6 Å². The van der Waals surface area contributed by atoms with Crippen molar-refractivity contribution in [2.75, 3.05) is 5.73 Å². The van der Waals surface area contributed by atoms with Crippen LogP contribution in [0.3, 0.4) is 0 Å². The molecule has 0 bridgehead atoms. The Hall–Kier alpha value is -0.800. The highest BCUT2D eigenvalue weighted by atomic mass is 79.9. The van der Waals surface area contributed by atoms with E-state index in [0.29, 0.717) is 5.69 Å². The Balaban J connectivity index is 3.09. The molecule has 1 atom stereocenters. The highest BCUT2D eigenvalue weighted by molar-refractivity contribution is 9.10. The van der Waals surface area contributed by atoms with Crippen LogP contribution >= 0.6 is 15.9 Å². The second-order valence-corrected chi connectivity index (χ2v) is 3.45. The smallest absolute Gasteiger partial charge is 0.0499 e. The van der Waals surface area contributed by atoms with Gasteiger partial charge in [0.25, 0.3) is 0 Å². The van der Waals surface area contributed by atoms with Crippen molar-refractivity contribution in [3.05, 3.63) is 40.9 Å². The molecule has 0 radical (unpaired) electrons. The lowest BCUT2D eigenvalue weighted by Gasteiger charge is -2.09. The molecule has 0 spiro atoms. The summed E-state index contributed by atoms with van der Waals surface area (Å²) < 4.78 is 0.958. The Bertz CT molecular complexity index is 297. The molecule has 0 saturated heterocycles. The van der Waals surface area contributed by atoms with Gasteiger partial charge in [0.1, 0.15) is 0 Å². The van der Waals surface area contributed by atoms with Crippen LogP contribution in [0.2, 0.25) is 0 Å². The Morgan fingerprint density at radius 1 is 1.50 bits per heavy atom. The summed E-state index contributed by atoms with van der Waals surface area (Å²) in [6, 6.07) is 5.46. The topological polar surface area (TPSA) is 52.0 Å². The first-order valence-electron chi connectivity index (χ1n) is 3.58. The molecule has 0 aliphatic rings. The molecule has 0 aromatic heterocycles. The summed E-state index contributed by atoms with van der Waals surface area (Å²) in [4.78, 5) is 0. The number of nitrogen functional groups attached to an aromatic ring is 1. The van der Waals surface area contributed by atoms with Crippen LogP contribution in [0.4, 0.5) is 5.69 Å². The summed E-state index contributed by atoms with van der Waals surface area (Å²) in [5.74, 6) is 0. The lowest BCUT2D eigenvalue weighted by atomic mass is 10.1. The maximum absolute atomic E-state index is 5.74. The highest BCUT2D eigenvalue weighted by Gasteiger charge is 2.04. The van der Waals surface area contributed by atoms with E-state index in [1.54, 1.807) is 6.08 Å². The molecule has 0 fully saturated rings. The average molecular weight is 227 g/mol. The van der Waals surface area contributed by atoms with E-state index in [1.165, 1.54) is 0 Å². The van der Waals surface area contributed by atoms with Gasteiger partial charge in [-0.25, -0.2) is 0 Å². The van der Waals surface area contributed by atoms with Crippen LogP contribution in [0.1, 0.15) is 11.6 Å². The van der Waals surface area contributed by atoms with Crippen LogP contribution in [-0.2, 0) is 0 Å². The number of nitrogens with two attached hydrogens (primary N) is 2. The molecule has 0 unspecified atom stereocenters. The van der Waals surface area contributed by atoms with Gasteiger partial charge >= 0.3 is 0 Å². The van der Waals surface area contributed by atoms with Crippen molar-refractivity contribution in [3.8, 4) is 0 Å². The summed E-state index contributed by atoms with van der Waals surface area (Å²) in [6.45, 7) is 3.61. The van der Waals surface area contributed by atoms with E-state index in [2.05, 4.69) is 22.5 Å². The molecule has 4 N–H and O–H groups in total. The van der Waals surface area contributed by atoms with Gasteiger partial charge in [0.05, 0.1) is 0 Å². The Morgan fingerprint density at radius 2 is 2.17 bits per heavy atom. The highest BCUT2D eigenvalue weighted by Crippen LogP contribution is 2.23. The van der Waals surface area contributed by atoms with Gasteiger partial charge in [-0.05, 0) is 17.7 Å². The van der Waals surface area contributed by atoms with Crippen molar-refractivity contribution in [2.45, 2.75) is 6.04 Å². The molecule has 64 valence electrons. The van der Waals surface area contributed by atoms with E-state index in [9.17, 15) is 0 Å². The molecule has 0 heterocycles. The van der Waals surface area contributed by atoms with Crippen molar-refractivity contribution < 1.29 is 0 Å². The zero-order chi connectivity index (χ0) is 9.14. The number of hydrogen-bond acceptors (Lipinski definition) is 2. The normalized spacial score (nSPS) is 12.5. The number of halogens is 1. The third-order valence-electron chi connectivity index (χ3n) is 1.66. The van der Waals surface area contributed by atoms with Crippen LogP contribution in [0, 0.1) is 0 Å². The van der Waals surface area contributed by atoms with Crippen molar-refractivity contribution in [2.24, 2.45) is 5.73 Å². The van der Waals surface area contributed by atoms with Crippen LogP contribution in [0.5, 0.6) is 0 Å². The van der Waals surface area contributed by atoms with E-state index in [1.807, 2.05) is 18.2 Å². The number of benzene rings is 1. The molecule has 0 saturated carbocycles. The van der Waals surface area contributed by atoms with Gasteiger partial charge in [0.2, 0.25) is 0 Å². The molecule has 0 aliphatic carbocycles. The van der Waals surface area contributed by atoms with E-state index in [0.717, 1.165) is 10.0 Å². The monoisotopic (exact) mass is 226 g/mol. The third-order valence-corrected chi connectivity index (χ3v) is 2.16. The third kappa shape index (κ3) is 1.87. The lowest BCUT2D eigenvalue weighted by molar-refractivity contribution is 0.917. The van der Waals surface area contributed by atoms with Crippen LogP contribution in [0.25, 0.3) is 0 Å². The van der Waals surface area contributed by atoms with Gasteiger partial charge in [0, 0.05) is 16.2 Å².